The van der Waals surface area contributed by atoms with Crippen LogP contribution in [0.25, 0.3) is 0 Å². The van der Waals surface area contributed by atoms with Crippen LogP contribution in [0.15, 0.2) is 35.8 Å². The minimum Gasteiger partial charge on any atom is -0.480 e. The SMILES string of the molecule is COc1ncc(N2CCc3nc[nH]c(=O)c3C2)cc1C#N.Cn1cc(C(=O)N2CCCC2)cn1. The van der Waals surface area contributed by atoms with Gasteiger partial charge in [0.15, 0.2) is 0 Å². The van der Waals surface area contributed by atoms with Gasteiger partial charge in [-0.1, -0.05) is 0 Å². The molecule has 0 aromatic carbocycles. The number of nitrogens with one attached hydrogen (secondary N) is 1. The first kappa shape index (κ1) is 23.0. The number of aromatic amines is 1. The van der Waals surface area contributed by atoms with E-state index in [2.05, 4.69) is 26.1 Å². The molecule has 0 bridgehead atoms. The summed E-state index contributed by atoms with van der Waals surface area (Å²) in [7, 11) is 3.30. The molecule has 1 saturated heterocycles. The molecule has 1 N–H and O–H groups in total. The van der Waals surface area contributed by atoms with Crippen molar-refractivity contribution in [3.05, 3.63) is 63.7 Å². The molecule has 11 heteroatoms. The third-order valence-electron chi connectivity index (χ3n) is 5.87. The van der Waals surface area contributed by atoms with E-state index in [0.29, 0.717) is 35.5 Å². The molecule has 1 fully saturated rings. The molecule has 0 spiro atoms. The van der Waals surface area contributed by atoms with Crippen molar-refractivity contribution in [2.24, 2.45) is 7.05 Å². The number of aryl methyl sites for hydroxylation is 1. The standard InChI is InChI=1S/C14H13N5O2.C9H13N3O/c1-21-14-9(5-15)4-10(6-16-14)19-3-2-12-11(7-19)13(20)18-8-17-12;1-11-7-8(6-10-11)9(13)12-4-2-3-5-12/h4,6,8H,2-3,7H2,1H3,(H,17,18,20);6-7H,2-5H2,1H3. The molecule has 2 aliphatic heterocycles. The number of nitriles is 1. The summed E-state index contributed by atoms with van der Waals surface area (Å²) in [6, 6.07) is 3.79. The van der Waals surface area contributed by atoms with E-state index in [1.165, 1.54) is 13.4 Å². The first-order valence-corrected chi connectivity index (χ1v) is 11.0. The predicted molar refractivity (Wildman–Crippen MR) is 123 cm³/mol. The van der Waals surface area contributed by atoms with Crippen LogP contribution in [0.5, 0.6) is 5.88 Å². The van der Waals surface area contributed by atoms with E-state index >= 15 is 0 Å². The van der Waals surface area contributed by atoms with Gasteiger partial charge in [0.25, 0.3) is 11.5 Å². The fourth-order valence-corrected chi connectivity index (χ4v) is 4.07. The second-order valence-electron chi connectivity index (χ2n) is 8.09. The number of likely N-dealkylation sites (tertiary alicyclic amines) is 1. The Morgan fingerprint density at radius 1 is 1.21 bits per heavy atom. The van der Waals surface area contributed by atoms with Gasteiger partial charge in [-0.2, -0.15) is 10.4 Å². The summed E-state index contributed by atoms with van der Waals surface area (Å²) in [6.45, 7) is 2.97. The molecule has 0 unspecified atom stereocenters. The fourth-order valence-electron chi connectivity index (χ4n) is 4.07. The van der Waals surface area contributed by atoms with Gasteiger partial charge in [0.2, 0.25) is 5.88 Å². The van der Waals surface area contributed by atoms with Gasteiger partial charge < -0.3 is 19.5 Å². The molecule has 3 aromatic rings. The average molecular weight is 463 g/mol. The van der Waals surface area contributed by atoms with Crippen LogP contribution >= 0.6 is 0 Å². The molecule has 176 valence electrons. The number of hydrogen-bond donors (Lipinski definition) is 1. The van der Waals surface area contributed by atoms with Gasteiger partial charge in [0, 0.05) is 39.3 Å². The zero-order valence-electron chi connectivity index (χ0n) is 19.2. The molecule has 5 rings (SSSR count). The molecule has 1 amide bonds. The predicted octanol–water partition coefficient (Wildman–Crippen LogP) is 1.26. The largest absolute Gasteiger partial charge is 0.480 e. The number of aromatic nitrogens is 5. The maximum Gasteiger partial charge on any atom is 0.257 e. The Hall–Kier alpha value is -4.20. The van der Waals surface area contributed by atoms with Crippen molar-refractivity contribution in [2.75, 3.05) is 31.6 Å². The molecule has 0 radical (unpaired) electrons. The zero-order valence-corrected chi connectivity index (χ0v) is 19.2. The monoisotopic (exact) mass is 462 g/mol. The number of fused-ring (bicyclic) bond motifs is 1. The van der Waals surface area contributed by atoms with E-state index in [1.54, 1.807) is 29.3 Å². The van der Waals surface area contributed by atoms with Crippen LogP contribution in [-0.2, 0) is 20.0 Å². The number of H-pyrrole nitrogens is 1. The Kier molecular flexibility index (Phi) is 6.87. The second kappa shape index (κ2) is 10.2. The minimum absolute atomic E-state index is 0.116. The zero-order chi connectivity index (χ0) is 24.1. The van der Waals surface area contributed by atoms with Crippen molar-refractivity contribution >= 4 is 11.6 Å². The Labute approximate surface area is 196 Å². The average Bonchev–Trinajstić information content (AvgIpc) is 3.56. The lowest BCUT2D eigenvalue weighted by atomic mass is 10.1. The van der Waals surface area contributed by atoms with E-state index in [9.17, 15) is 9.59 Å². The van der Waals surface area contributed by atoms with Gasteiger partial charge in [0.1, 0.15) is 11.6 Å². The van der Waals surface area contributed by atoms with Crippen LogP contribution in [-0.4, -0.2) is 62.3 Å². The molecule has 2 aliphatic rings. The number of hydrogen-bond acceptors (Lipinski definition) is 8. The van der Waals surface area contributed by atoms with Gasteiger partial charge in [-0.3, -0.25) is 14.3 Å². The van der Waals surface area contributed by atoms with Gasteiger partial charge in [-0.25, -0.2) is 9.97 Å². The highest BCUT2D eigenvalue weighted by Gasteiger charge is 2.22. The van der Waals surface area contributed by atoms with Crippen LogP contribution in [0.4, 0.5) is 5.69 Å². The quantitative estimate of drug-likeness (QED) is 0.615. The summed E-state index contributed by atoms with van der Waals surface area (Å²) < 4.78 is 6.69. The number of carbonyl (C=O) groups is 1. The van der Waals surface area contributed by atoms with Crippen LogP contribution in [0, 0.1) is 11.3 Å². The maximum atomic E-state index is 11.9. The number of rotatable bonds is 3. The Morgan fingerprint density at radius 2 is 2.00 bits per heavy atom. The van der Waals surface area contributed by atoms with Crippen LogP contribution in [0.1, 0.15) is 40.0 Å². The van der Waals surface area contributed by atoms with Crippen molar-refractivity contribution in [1.29, 1.82) is 5.26 Å². The molecule has 0 aliphatic carbocycles. The normalized spacial score (nSPS) is 14.6. The molecule has 5 heterocycles. The van der Waals surface area contributed by atoms with Crippen LogP contribution in [0.3, 0.4) is 0 Å². The Bertz CT molecular complexity index is 1270. The first-order chi connectivity index (χ1) is 16.5. The lowest BCUT2D eigenvalue weighted by molar-refractivity contribution is 0.0792. The highest BCUT2D eigenvalue weighted by Crippen LogP contribution is 2.25. The highest BCUT2D eigenvalue weighted by molar-refractivity contribution is 5.93. The summed E-state index contributed by atoms with van der Waals surface area (Å²) in [4.78, 5) is 38.4. The third kappa shape index (κ3) is 4.91. The molecule has 11 nitrogen and oxygen atoms in total. The van der Waals surface area contributed by atoms with Gasteiger partial charge in [-0.05, 0) is 18.9 Å². The number of amides is 1. The number of nitrogens with zero attached hydrogens (tertiary/aromatic N) is 7. The first-order valence-electron chi connectivity index (χ1n) is 11.0. The summed E-state index contributed by atoms with van der Waals surface area (Å²) in [5.41, 5.74) is 3.24. The number of ether oxygens (including phenoxy) is 1. The van der Waals surface area contributed by atoms with E-state index in [0.717, 1.165) is 43.9 Å². The lowest BCUT2D eigenvalue weighted by Gasteiger charge is -2.29. The van der Waals surface area contributed by atoms with Crippen molar-refractivity contribution < 1.29 is 9.53 Å². The number of anilines is 1. The molecule has 34 heavy (non-hydrogen) atoms. The summed E-state index contributed by atoms with van der Waals surface area (Å²) in [6.07, 6.45) is 9.42. The molecule has 0 atom stereocenters. The topological polar surface area (TPSA) is 133 Å². The van der Waals surface area contributed by atoms with E-state index in [1.807, 2.05) is 16.8 Å². The van der Waals surface area contributed by atoms with Crippen molar-refractivity contribution in [3.63, 3.8) is 0 Å². The van der Waals surface area contributed by atoms with E-state index < -0.39 is 0 Å². The molecule has 3 aromatic heterocycles. The van der Waals surface area contributed by atoms with Crippen molar-refractivity contribution in [1.82, 2.24) is 29.6 Å². The molecular weight excluding hydrogens is 436 g/mol. The Morgan fingerprint density at radius 3 is 2.68 bits per heavy atom. The molecular formula is C23H26N8O3. The minimum atomic E-state index is -0.119. The van der Waals surface area contributed by atoms with Gasteiger partial charge in [0.05, 0.1) is 54.9 Å². The smallest absolute Gasteiger partial charge is 0.257 e. The number of pyridine rings is 1. The van der Waals surface area contributed by atoms with Crippen molar-refractivity contribution in [3.8, 4) is 11.9 Å². The number of carbonyl (C=O) groups excluding carboxylic acids is 1. The summed E-state index contributed by atoms with van der Waals surface area (Å²) >= 11 is 0. The fraction of sp³-hybridized carbons (Fsp3) is 0.391. The highest BCUT2D eigenvalue weighted by atomic mass is 16.5. The van der Waals surface area contributed by atoms with Crippen LogP contribution in [0.2, 0.25) is 0 Å². The summed E-state index contributed by atoms with van der Waals surface area (Å²) in [5, 5.41) is 13.1. The van der Waals surface area contributed by atoms with Gasteiger partial charge in [-0.15, -0.1) is 0 Å². The maximum absolute atomic E-state index is 11.9. The lowest BCUT2D eigenvalue weighted by Crippen LogP contribution is -2.35. The van der Waals surface area contributed by atoms with Crippen molar-refractivity contribution in [2.45, 2.75) is 25.8 Å². The Balaban J connectivity index is 0.000000180. The van der Waals surface area contributed by atoms with E-state index in [4.69, 9.17) is 10.00 Å². The molecule has 0 saturated carbocycles. The van der Waals surface area contributed by atoms with Gasteiger partial charge >= 0.3 is 0 Å². The summed E-state index contributed by atoms with van der Waals surface area (Å²) in [5.74, 6) is 0.420. The number of methoxy groups -OCH3 is 1. The third-order valence-corrected chi connectivity index (χ3v) is 5.87. The second-order valence-corrected chi connectivity index (χ2v) is 8.09. The van der Waals surface area contributed by atoms with Crippen LogP contribution < -0.4 is 15.2 Å². The van der Waals surface area contributed by atoms with E-state index in [-0.39, 0.29) is 11.5 Å².